The Labute approximate surface area is 139 Å². The Bertz CT molecular complexity index is 497. The molecule has 2 aliphatic rings. The lowest BCUT2D eigenvalue weighted by Crippen LogP contribution is -2.53. The number of carbonyl (C=O) groups is 1. The smallest absolute Gasteiger partial charge is 0.260 e. The molecule has 1 saturated carbocycles. The minimum absolute atomic E-state index is 0.102. The highest BCUT2D eigenvalue weighted by molar-refractivity contribution is 5.77. The van der Waals surface area contributed by atoms with E-state index in [-0.39, 0.29) is 12.5 Å². The molecule has 0 unspecified atom stereocenters. The molecule has 126 valence electrons. The van der Waals surface area contributed by atoms with Gasteiger partial charge in [0.2, 0.25) is 0 Å². The van der Waals surface area contributed by atoms with Gasteiger partial charge in [0.15, 0.2) is 6.61 Å². The number of piperazine rings is 1. The van der Waals surface area contributed by atoms with Gasteiger partial charge in [-0.3, -0.25) is 9.69 Å². The number of ether oxygens (including phenoxy) is 1. The van der Waals surface area contributed by atoms with Gasteiger partial charge in [-0.25, -0.2) is 0 Å². The van der Waals surface area contributed by atoms with Crippen molar-refractivity contribution < 1.29 is 9.53 Å². The molecule has 4 nitrogen and oxygen atoms in total. The topological polar surface area (TPSA) is 32.8 Å². The van der Waals surface area contributed by atoms with Gasteiger partial charge in [-0.2, -0.15) is 0 Å². The fourth-order valence-corrected chi connectivity index (χ4v) is 3.82. The average molecular weight is 316 g/mol. The number of hydrogen-bond acceptors (Lipinski definition) is 3. The molecule has 23 heavy (non-hydrogen) atoms. The van der Waals surface area contributed by atoms with Gasteiger partial charge in [-0.05, 0) is 30.9 Å². The number of amides is 1. The number of benzene rings is 1. The van der Waals surface area contributed by atoms with E-state index in [1.54, 1.807) is 0 Å². The van der Waals surface area contributed by atoms with Crippen LogP contribution in [-0.4, -0.2) is 54.5 Å². The molecule has 1 heterocycles. The molecule has 0 radical (unpaired) electrons. The average Bonchev–Trinajstić information content (AvgIpc) is 2.61. The monoisotopic (exact) mass is 316 g/mol. The van der Waals surface area contributed by atoms with Crippen LogP contribution in [0.2, 0.25) is 0 Å². The summed E-state index contributed by atoms with van der Waals surface area (Å²) in [5, 5.41) is 0. The van der Waals surface area contributed by atoms with Gasteiger partial charge in [0.1, 0.15) is 5.75 Å². The largest absolute Gasteiger partial charge is 0.484 e. The van der Waals surface area contributed by atoms with E-state index >= 15 is 0 Å². The molecule has 2 fully saturated rings. The number of para-hydroxylation sites is 1. The highest BCUT2D eigenvalue weighted by Crippen LogP contribution is 2.27. The van der Waals surface area contributed by atoms with E-state index in [0.29, 0.717) is 0 Å². The Morgan fingerprint density at radius 1 is 1.13 bits per heavy atom. The molecule has 1 saturated heterocycles. The van der Waals surface area contributed by atoms with Gasteiger partial charge in [0.05, 0.1) is 0 Å². The van der Waals surface area contributed by atoms with E-state index in [4.69, 9.17) is 4.74 Å². The summed E-state index contributed by atoms with van der Waals surface area (Å²) >= 11 is 0. The Morgan fingerprint density at radius 3 is 2.57 bits per heavy atom. The summed E-state index contributed by atoms with van der Waals surface area (Å²) in [6, 6.07) is 10.3. The van der Waals surface area contributed by atoms with Gasteiger partial charge >= 0.3 is 0 Å². The van der Waals surface area contributed by atoms with E-state index in [1.807, 2.05) is 35.2 Å². The van der Waals surface area contributed by atoms with Crippen LogP contribution in [0.1, 0.15) is 32.6 Å². The van der Waals surface area contributed by atoms with Crippen LogP contribution in [0.4, 0.5) is 0 Å². The molecule has 1 amide bonds. The Kier molecular flexibility index (Phi) is 5.55. The van der Waals surface area contributed by atoms with Gasteiger partial charge < -0.3 is 9.64 Å². The van der Waals surface area contributed by atoms with Crippen molar-refractivity contribution in [1.82, 2.24) is 9.80 Å². The van der Waals surface area contributed by atoms with Gasteiger partial charge in [-0.15, -0.1) is 0 Å². The van der Waals surface area contributed by atoms with Crippen molar-refractivity contribution in [3.63, 3.8) is 0 Å². The summed E-state index contributed by atoms with van der Waals surface area (Å²) in [6.07, 6.45) is 5.39. The van der Waals surface area contributed by atoms with Crippen molar-refractivity contribution in [1.29, 1.82) is 0 Å². The summed E-state index contributed by atoms with van der Waals surface area (Å²) in [7, 11) is 0. The zero-order valence-electron chi connectivity index (χ0n) is 14.1. The molecule has 3 rings (SSSR count). The van der Waals surface area contributed by atoms with E-state index in [9.17, 15) is 4.79 Å². The van der Waals surface area contributed by atoms with Crippen LogP contribution in [-0.2, 0) is 4.79 Å². The third-order valence-corrected chi connectivity index (χ3v) is 5.20. The Morgan fingerprint density at radius 2 is 1.87 bits per heavy atom. The number of hydrogen-bond donors (Lipinski definition) is 0. The molecular weight excluding hydrogens is 288 g/mol. The first kappa shape index (κ1) is 16.3. The van der Waals surface area contributed by atoms with Gasteiger partial charge in [0, 0.05) is 32.2 Å². The van der Waals surface area contributed by atoms with E-state index < -0.39 is 0 Å². The van der Waals surface area contributed by atoms with Crippen LogP contribution in [0.25, 0.3) is 0 Å². The minimum Gasteiger partial charge on any atom is -0.484 e. The van der Waals surface area contributed by atoms with Crippen LogP contribution in [0.15, 0.2) is 30.3 Å². The maximum absolute atomic E-state index is 12.3. The van der Waals surface area contributed by atoms with Crippen LogP contribution in [0.3, 0.4) is 0 Å². The fourth-order valence-electron chi connectivity index (χ4n) is 3.82. The second kappa shape index (κ2) is 7.82. The highest BCUT2D eigenvalue weighted by atomic mass is 16.5. The molecule has 0 spiro atoms. The molecule has 4 heteroatoms. The SMILES string of the molecule is C[C@@H]1CCC[C@@H](N2CCN(C(=O)COc3ccccc3)CC2)C1. The van der Waals surface area contributed by atoms with Crippen LogP contribution in [0, 0.1) is 5.92 Å². The standard InChI is InChI=1S/C19H28N2O2/c1-16-6-5-7-17(14-16)20-10-12-21(13-11-20)19(22)15-23-18-8-3-2-4-9-18/h2-4,8-9,16-17H,5-7,10-15H2,1H3/t16-,17-/m1/s1. The molecular formula is C19H28N2O2. The van der Waals surface area contributed by atoms with Crippen molar-refractivity contribution in [2.24, 2.45) is 5.92 Å². The molecule has 1 aromatic carbocycles. The molecule has 0 bridgehead atoms. The molecule has 2 atom stereocenters. The summed E-state index contributed by atoms with van der Waals surface area (Å²) in [4.78, 5) is 16.8. The van der Waals surface area contributed by atoms with Gasteiger partial charge in [-0.1, -0.05) is 38.0 Å². The molecule has 1 aromatic rings. The van der Waals surface area contributed by atoms with Crippen molar-refractivity contribution in [3.8, 4) is 5.75 Å². The lowest BCUT2D eigenvalue weighted by molar-refractivity contribution is -0.135. The fraction of sp³-hybridized carbons (Fsp3) is 0.632. The lowest BCUT2D eigenvalue weighted by atomic mass is 9.86. The summed E-state index contributed by atoms with van der Waals surface area (Å²) < 4.78 is 5.57. The maximum atomic E-state index is 12.3. The number of carbonyl (C=O) groups excluding carboxylic acids is 1. The molecule has 0 aromatic heterocycles. The summed E-state index contributed by atoms with van der Waals surface area (Å²) in [6.45, 7) is 6.20. The highest BCUT2D eigenvalue weighted by Gasteiger charge is 2.28. The van der Waals surface area contributed by atoms with Crippen molar-refractivity contribution in [3.05, 3.63) is 30.3 Å². The zero-order chi connectivity index (χ0) is 16.1. The maximum Gasteiger partial charge on any atom is 0.260 e. The molecule has 1 aliphatic carbocycles. The minimum atomic E-state index is 0.102. The Hall–Kier alpha value is -1.55. The normalized spacial score (nSPS) is 26.0. The predicted molar refractivity (Wildman–Crippen MR) is 91.5 cm³/mol. The first-order chi connectivity index (χ1) is 11.2. The first-order valence-corrected chi connectivity index (χ1v) is 8.92. The predicted octanol–water partition coefficient (Wildman–Crippen LogP) is 2.79. The van der Waals surface area contributed by atoms with Gasteiger partial charge in [0.25, 0.3) is 5.91 Å². The summed E-state index contributed by atoms with van der Waals surface area (Å²) in [5.74, 6) is 1.72. The van der Waals surface area contributed by atoms with Crippen molar-refractivity contribution in [2.75, 3.05) is 32.8 Å². The first-order valence-electron chi connectivity index (χ1n) is 8.92. The number of rotatable bonds is 4. The van der Waals surface area contributed by atoms with Crippen molar-refractivity contribution in [2.45, 2.75) is 38.6 Å². The van der Waals surface area contributed by atoms with E-state index in [1.165, 1.54) is 25.7 Å². The third-order valence-electron chi connectivity index (χ3n) is 5.20. The summed E-state index contributed by atoms with van der Waals surface area (Å²) in [5.41, 5.74) is 0. The van der Waals surface area contributed by atoms with Crippen LogP contribution >= 0.6 is 0 Å². The van der Waals surface area contributed by atoms with Crippen molar-refractivity contribution >= 4 is 5.91 Å². The lowest BCUT2D eigenvalue weighted by Gasteiger charge is -2.42. The second-order valence-corrected chi connectivity index (χ2v) is 6.94. The van der Waals surface area contributed by atoms with Crippen LogP contribution in [0.5, 0.6) is 5.75 Å². The number of nitrogens with zero attached hydrogens (tertiary/aromatic N) is 2. The molecule has 1 aliphatic heterocycles. The quantitative estimate of drug-likeness (QED) is 0.856. The second-order valence-electron chi connectivity index (χ2n) is 6.94. The van der Waals surface area contributed by atoms with E-state index in [2.05, 4.69) is 11.8 Å². The zero-order valence-corrected chi connectivity index (χ0v) is 14.1. The molecule has 0 N–H and O–H groups in total. The van der Waals surface area contributed by atoms with Crippen LogP contribution < -0.4 is 4.74 Å². The Balaban J connectivity index is 1.42. The third kappa shape index (κ3) is 4.47. The van der Waals surface area contributed by atoms with E-state index in [0.717, 1.165) is 43.9 Å².